The van der Waals surface area contributed by atoms with Gasteiger partial charge in [0.25, 0.3) is 0 Å². The zero-order valence-corrected chi connectivity index (χ0v) is 11.9. The Bertz CT molecular complexity index is 369. The molecule has 2 nitrogen and oxygen atoms in total. The summed E-state index contributed by atoms with van der Waals surface area (Å²) >= 11 is 0. The van der Waals surface area contributed by atoms with E-state index in [1.807, 2.05) is 12.1 Å². The zero-order chi connectivity index (χ0) is 13.8. The highest BCUT2D eigenvalue weighted by molar-refractivity contribution is 5.24. The molecule has 102 valence electrons. The van der Waals surface area contributed by atoms with Gasteiger partial charge in [-0.15, -0.1) is 0 Å². The van der Waals surface area contributed by atoms with Crippen molar-refractivity contribution < 1.29 is 4.39 Å². The molecule has 0 spiro atoms. The largest absolute Gasteiger partial charge is 0.330 e. The zero-order valence-electron chi connectivity index (χ0n) is 11.9. The van der Waals surface area contributed by atoms with Gasteiger partial charge >= 0.3 is 0 Å². The van der Waals surface area contributed by atoms with Crippen molar-refractivity contribution >= 4 is 0 Å². The van der Waals surface area contributed by atoms with E-state index in [-0.39, 0.29) is 16.6 Å². The van der Waals surface area contributed by atoms with Gasteiger partial charge in [0.05, 0.1) is 0 Å². The minimum Gasteiger partial charge on any atom is -0.330 e. The van der Waals surface area contributed by atoms with Gasteiger partial charge in [-0.2, -0.15) is 0 Å². The summed E-state index contributed by atoms with van der Waals surface area (Å²) in [7, 11) is 0. The summed E-state index contributed by atoms with van der Waals surface area (Å²) in [6.45, 7) is 11.0. The van der Waals surface area contributed by atoms with Crippen LogP contribution in [0.1, 0.15) is 33.3 Å². The smallest absolute Gasteiger partial charge is 0.123 e. The molecule has 0 saturated carbocycles. The fourth-order valence-corrected chi connectivity index (χ4v) is 1.79. The van der Waals surface area contributed by atoms with E-state index < -0.39 is 0 Å². The lowest BCUT2D eigenvalue weighted by Crippen LogP contribution is -2.40. The molecule has 0 fully saturated rings. The number of hydrogen-bond acceptors (Lipinski definition) is 2. The van der Waals surface area contributed by atoms with Crippen LogP contribution < -0.4 is 11.1 Å². The van der Waals surface area contributed by atoms with Crippen LogP contribution in [0.3, 0.4) is 0 Å². The standard InChI is InChI=1S/C15H25FN2/c1-14(2,9-17)10-18-11-15(3,4)12-5-7-13(16)8-6-12/h5-8,18H,9-11,17H2,1-4H3. The third-order valence-corrected chi connectivity index (χ3v) is 3.35. The van der Waals surface area contributed by atoms with Crippen LogP contribution in [-0.2, 0) is 5.41 Å². The van der Waals surface area contributed by atoms with Crippen molar-refractivity contribution in [2.24, 2.45) is 11.1 Å². The molecule has 0 bridgehead atoms. The predicted molar refractivity (Wildman–Crippen MR) is 75.1 cm³/mol. The van der Waals surface area contributed by atoms with Crippen molar-refractivity contribution in [3.8, 4) is 0 Å². The van der Waals surface area contributed by atoms with Crippen LogP contribution in [0.4, 0.5) is 4.39 Å². The van der Waals surface area contributed by atoms with Gasteiger partial charge in [0.15, 0.2) is 0 Å². The maximum absolute atomic E-state index is 12.9. The first-order chi connectivity index (χ1) is 8.27. The Morgan fingerprint density at radius 2 is 1.61 bits per heavy atom. The molecule has 0 unspecified atom stereocenters. The monoisotopic (exact) mass is 252 g/mol. The molecule has 0 aromatic heterocycles. The molecule has 1 aromatic carbocycles. The molecule has 0 aliphatic rings. The normalized spacial score (nSPS) is 12.8. The molecule has 3 heteroatoms. The Balaban J connectivity index is 2.57. The SMILES string of the molecule is CC(C)(CN)CNCC(C)(C)c1ccc(F)cc1. The van der Waals surface area contributed by atoms with Crippen LogP contribution in [0.15, 0.2) is 24.3 Å². The first-order valence-electron chi connectivity index (χ1n) is 6.44. The van der Waals surface area contributed by atoms with Crippen molar-refractivity contribution in [2.75, 3.05) is 19.6 Å². The maximum Gasteiger partial charge on any atom is 0.123 e. The summed E-state index contributed by atoms with van der Waals surface area (Å²) in [5.74, 6) is -0.188. The second kappa shape index (κ2) is 5.81. The van der Waals surface area contributed by atoms with Crippen LogP contribution in [0.5, 0.6) is 0 Å². The van der Waals surface area contributed by atoms with Gasteiger partial charge in [0, 0.05) is 18.5 Å². The summed E-state index contributed by atoms with van der Waals surface area (Å²) < 4.78 is 12.9. The van der Waals surface area contributed by atoms with Gasteiger partial charge in [-0.3, -0.25) is 0 Å². The maximum atomic E-state index is 12.9. The molecule has 3 N–H and O–H groups in total. The molecule has 0 radical (unpaired) electrons. The van der Waals surface area contributed by atoms with Crippen LogP contribution in [-0.4, -0.2) is 19.6 Å². The van der Waals surface area contributed by atoms with Gasteiger partial charge < -0.3 is 11.1 Å². The Labute approximate surface area is 110 Å². The Morgan fingerprint density at radius 1 is 1.06 bits per heavy atom. The second-order valence-corrected chi connectivity index (χ2v) is 6.36. The van der Waals surface area contributed by atoms with Gasteiger partial charge in [0.1, 0.15) is 5.82 Å². The molecule has 1 rings (SSSR count). The molecule has 0 saturated heterocycles. The fraction of sp³-hybridized carbons (Fsp3) is 0.600. The molecule has 18 heavy (non-hydrogen) atoms. The fourth-order valence-electron chi connectivity index (χ4n) is 1.79. The summed E-state index contributed by atoms with van der Waals surface area (Å²) in [6.07, 6.45) is 0. The second-order valence-electron chi connectivity index (χ2n) is 6.36. The number of nitrogens with two attached hydrogens (primary N) is 1. The molecular weight excluding hydrogens is 227 g/mol. The van der Waals surface area contributed by atoms with E-state index >= 15 is 0 Å². The topological polar surface area (TPSA) is 38.0 Å². The molecule has 0 aliphatic carbocycles. The van der Waals surface area contributed by atoms with Gasteiger partial charge in [-0.1, -0.05) is 39.8 Å². The Hall–Kier alpha value is -0.930. The molecular formula is C15H25FN2. The van der Waals surface area contributed by atoms with Gasteiger partial charge in [-0.05, 0) is 29.7 Å². The van der Waals surface area contributed by atoms with Crippen molar-refractivity contribution in [3.63, 3.8) is 0 Å². The van der Waals surface area contributed by atoms with Crippen molar-refractivity contribution in [2.45, 2.75) is 33.1 Å². The summed E-state index contributed by atoms with van der Waals surface area (Å²) in [5.41, 5.74) is 6.94. The highest BCUT2D eigenvalue weighted by Crippen LogP contribution is 2.23. The lowest BCUT2D eigenvalue weighted by molar-refractivity contribution is 0.332. The first-order valence-corrected chi connectivity index (χ1v) is 6.44. The number of hydrogen-bond donors (Lipinski definition) is 2. The van der Waals surface area contributed by atoms with Crippen LogP contribution in [0.2, 0.25) is 0 Å². The van der Waals surface area contributed by atoms with Crippen molar-refractivity contribution in [3.05, 3.63) is 35.6 Å². The van der Waals surface area contributed by atoms with Crippen LogP contribution in [0, 0.1) is 11.2 Å². The Morgan fingerprint density at radius 3 is 2.11 bits per heavy atom. The van der Waals surface area contributed by atoms with E-state index in [0.29, 0.717) is 6.54 Å². The van der Waals surface area contributed by atoms with E-state index in [2.05, 4.69) is 33.0 Å². The molecule has 0 atom stereocenters. The molecule has 0 heterocycles. The van der Waals surface area contributed by atoms with Gasteiger partial charge in [-0.25, -0.2) is 4.39 Å². The quantitative estimate of drug-likeness (QED) is 0.817. The average molecular weight is 252 g/mol. The lowest BCUT2D eigenvalue weighted by atomic mass is 9.84. The van der Waals surface area contributed by atoms with Crippen LogP contribution >= 0.6 is 0 Å². The van der Waals surface area contributed by atoms with E-state index in [1.54, 1.807) is 0 Å². The molecule has 0 amide bonds. The van der Waals surface area contributed by atoms with Gasteiger partial charge in [0.2, 0.25) is 0 Å². The third-order valence-electron chi connectivity index (χ3n) is 3.35. The van der Waals surface area contributed by atoms with E-state index in [0.717, 1.165) is 18.7 Å². The summed E-state index contributed by atoms with van der Waals surface area (Å²) in [6, 6.07) is 6.73. The minimum absolute atomic E-state index is 0.0155. The third kappa shape index (κ3) is 4.39. The average Bonchev–Trinajstić information content (AvgIpc) is 2.29. The minimum atomic E-state index is -0.188. The van der Waals surface area contributed by atoms with Crippen LogP contribution in [0.25, 0.3) is 0 Å². The first kappa shape index (κ1) is 15.1. The van der Waals surface area contributed by atoms with Crippen molar-refractivity contribution in [1.82, 2.24) is 5.32 Å². The molecule has 1 aromatic rings. The summed E-state index contributed by atoms with van der Waals surface area (Å²) in [4.78, 5) is 0. The van der Waals surface area contributed by atoms with Crippen molar-refractivity contribution in [1.29, 1.82) is 0 Å². The lowest BCUT2D eigenvalue weighted by Gasteiger charge is -2.29. The number of halogens is 1. The number of nitrogens with one attached hydrogen (secondary N) is 1. The van der Waals surface area contributed by atoms with E-state index in [9.17, 15) is 4.39 Å². The Kier molecular flexibility index (Phi) is 4.88. The molecule has 0 aliphatic heterocycles. The highest BCUT2D eigenvalue weighted by atomic mass is 19.1. The summed E-state index contributed by atoms with van der Waals surface area (Å²) in [5, 5.41) is 3.46. The number of benzene rings is 1. The van der Waals surface area contributed by atoms with E-state index in [1.165, 1.54) is 12.1 Å². The number of rotatable bonds is 6. The highest BCUT2D eigenvalue weighted by Gasteiger charge is 2.22. The van der Waals surface area contributed by atoms with E-state index in [4.69, 9.17) is 5.73 Å². The predicted octanol–water partition coefficient (Wildman–Crippen LogP) is 2.68.